The maximum atomic E-state index is 12.2. The van der Waals surface area contributed by atoms with Gasteiger partial charge in [0, 0.05) is 4.90 Å². The van der Waals surface area contributed by atoms with Gasteiger partial charge in [0.15, 0.2) is 0 Å². The molecule has 1 aliphatic carbocycles. The molecular weight excluding hydrogens is 336 g/mol. The van der Waals surface area contributed by atoms with E-state index in [-0.39, 0.29) is 30.8 Å². The van der Waals surface area contributed by atoms with Gasteiger partial charge in [-0.1, -0.05) is 12.1 Å². The van der Waals surface area contributed by atoms with E-state index in [0.29, 0.717) is 0 Å². The van der Waals surface area contributed by atoms with Crippen LogP contribution in [-0.2, 0) is 9.59 Å². The van der Waals surface area contributed by atoms with E-state index in [1.54, 1.807) is 30.6 Å². The standard InChI is InChI=1S/C18H24N4O2S/c1-18(12-19,13-8-9-13)21-17(24)11-22(2)10-16(23)20-14-6-4-5-7-15(14)25-3/h4-7,13H,8-11H2,1-3H3,(H,20,23)(H,21,24)/t18-/m1/s1. The number of carbonyl (C=O) groups excluding carboxylic acids is 2. The third-order valence-corrected chi connectivity index (χ3v) is 5.03. The highest BCUT2D eigenvalue weighted by Crippen LogP contribution is 2.39. The molecule has 1 fully saturated rings. The van der Waals surface area contributed by atoms with Crippen molar-refractivity contribution in [3.63, 3.8) is 0 Å². The monoisotopic (exact) mass is 360 g/mol. The molecule has 0 radical (unpaired) electrons. The van der Waals surface area contributed by atoms with Gasteiger partial charge in [-0.2, -0.15) is 5.26 Å². The first kappa shape index (κ1) is 19.3. The van der Waals surface area contributed by atoms with Crippen LogP contribution in [0, 0.1) is 17.2 Å². The number of likely N-dealkylation sites (N-methyl/N-ethyl adjacent to an activating group) is 1. The van der Waals surface area contributed by atoms with E-state index >= 15 is 0 Å². The number of nitrogens with one attached hydrogen (secondary N) is 2. The number of carbonyl (C=O) groups is 2. The second-order valence-electron chi connectivity index (χ2n) is 6.56. The molecule has 2 rings (SSSR count). The molecule has 2 amide bonds. The number of nitriles is 1. The van der Waals surface area contributed by atoms with Crippen molar-refractivity contribution in [2.45, 2.75) is 30.2 Å². The summed E-state index contributed by atoms with van der Waals surface area (Å²) >= 11 is 1.56. The quantitative estimate of drug-likeness (QED) is 0.694. The molecular formula is C18H24N4O2S. The van der Waals surface area contributed by atoms with Gasteiger partial charge in [-0.25, -0.2) is 0 Å². The van der Waals surface area contributed by atoms with Crippen LogP contribution in [-0.4, -0.2) is 48.6 Å². The SMILES string of the molecule is CSc1ccccc1NC(=O)CN(C)CC(=O)N[C@](C)(C#N)C1CC1. The van der Waals surface area contributed by atoms with E-state index in [1.165, 1.54) is 0 Å². The van der Waals surface area contributed by atoms with Crippen molar-refractivity contribution in [2.24, 2.45) is 5.92 Å². The number of hydrogen-bond acceptors (Lipinski definition) is 5. The van der Waals surface area contributed by atoms with E-state index < -0.39 is 5.54 Å². The summed E-state index contributed by atoms with van der Waals surface area (Å²) in [5.41, 5.74) is -0.0408. The lowest BCUT2D eigenvalue weighted by Crippen LogP contribution is -2.50. The number of benzene rings is 1. The molecule has 0 aliphatic heterocycles. The van der Waals surface area contributed by atoms with Crippen LogP contribution in [0.2, 0.25) is 0 Å². The highest BCUT2D eigenvalue weighted by Gasteiger charge is 2.43. The van der Waals surface area contributed by atoms with Crippen molar-refractivity contribution in [1.82, 2.24) is 10.2 Å². The van der Waals surface area contributed by atoms with Crippen molar-refractivity contribution >= 4 is 29.3 Å². The van der Waals surface area contributed by atoms with Crippen LogP contribution in [0.4, 0.5) is 5.69 Å². The molecule has 134 valence electrons. The Morgan fingerprint density at radius 1 is 1.32 bits per heavy atom. The van der Waals surface area contributed by atoms with Gasteiger partial charge in [-0.15, -0.1) is 11.8 Å². The zero-order chi connectivity index (χ0) is 18.4. The Labute approximate surface area is 153 Å². The molecule has 0 heterocycles. The van der Waals surface area contributed by atoms with Crippen LogP contribution in [0.1, 0.15) is 19.8 Å². The van der Waals surface area contributed by atoms with Gasteiger partial charge in [0.2, 0.25) is 11.8 Å². The fourth-order valence-electron chi connectivity index (χ4n) is 2.69. The van der Waals surface area contributed by atoms with Crippen molar-refractivity contribution < 1.29 is 9.59 Å². The van der Waals surface area contributed by atoms with Gasteiger partial charge in [-0.3, -0.25) is 14.5 Å². The summed E-state index contributed by atoms with van der Waals surface area (Å²) < 4.78 is 0. The number of anilines is 1. The molecule has 1 aliphatic rings. The Bertz CT molecular complexity index is 684. The predicted octanol–water partition coefficient (Wildman–Crippen LogP) is 2.09. The third-order valence-electron chi connectivity index (χ3n) is 4.23. The molecule has 1 atom stereocenters. The summed E-state index contributed by atoms with van der Waals surface area (Å²) in [7, 11) is 1.71. The number of amides is 2. The molecule has 1 aromatic carbocycles. The average Bonchev–Trinajstić information content (AvgIpc) is 3.40. The zero-order valence-corrected chi connectivity index (χ0v) is 15.7. The fraction of sp³-hybridized carbons (Fsp3) is 0.500. The summed E-state index contributed by atoms with van der Waals surface area (Å²) in [6.45, 7) is 1.93. The van der Waals surface area contributed by atoms with Crippen LogP contribution >= 0.6 is 11.8 Å². The van der Waals surface area contributed by atoms with E-state index in [0.717, 1.165) is 23.4 Å². The third kappa shape index (κ3) is 5.48. The lowest BCUT2D eigenvalue weighted by Gasteiger charge is -2.24. The van der Waals surface area contributed by atoms with E-state index in [2.05, 4.69) is 16.7 Å². The van der Waals surface area contributed by atoms with Gasteiger partial charge in [0.25, 0.3) is 0 Å². The summed E-state index contributed by atoms with van der Waals surface area (Å²) in [5.74, 6) is -0.184. The molecule has 0 aromatic heterocycles. The van der Waals surface area contributed by atoms with E-state index in [9.17, 15) is 14.9 Å². The first-order valence-corrected chi connectivity index (χ1v) is 9.44. The Balaban J connectivity index is 1.83. The van der Waals surface area contributed by atoms with Crippen LogP contribution in [0.25, 0.3) is 0 Å². The Morgan fingerprint density at radius 2 is 1.96 bits per heavy atom. The van der Waals surface area contributed by atoms with Crippen molar-refractivity contribution in [1.29, 1.82) is 5.26 Å². The lowest BCUT2D eigenvalue weighted by molar-refractivity contribution is -0.124. The van der Waals surface area contributed by atoms with Crippen molar-refractivity contribution in [2.75, 3.05) is 31.7 Å². The number of para-hydroxylation sites is 1. The second-order valence-corrected chi connectivity index (χ2v) is 7.41. The lowest BCUT2D eigenvalue weighted by atomic mass is 9.98. The zero-order valence-electron chi connectivity index (χ0n) is 14.8. The van der Waals surface area contributed by atoms with E-state index in [4.69, 9.17) is 0 Å². The maximum Gasteiger partial charge on any atom is 0.238 e. The number of thioether (sulfide) groups is 1. The molecule has 0 spiro atoms. The fourth-order valence-corrected chi connectivity index (χ4v) is 3.25. The maximum absolute atomic E-state index is 12.2. The van der Waals surface area contributed by atoms with Gasteiger partial charge >= 0.3 is 0 Å². The van der Waals surface area contributed by atoms with Crippen LogP contribution in [0.5, 0.6) is 0 Å². The Kier molecular flexibility index (Phi) is 6.45. The molecule has 25 heavy (non-hydrogen) atoms. The molecule has 7 heteroatoms. The minimum Gasteiger partial charge on any atom is -0.337 e. The predicted molar refractivity (Wildman–Crippen MR) is 99.2 cm³/mol. The van der Waals surface area contributed by atoms with Gasteiger partial charge in [0.05, 0.1) is 24.8 Å². The second kappa shape index (κ2) is 8.37. The first-order chi connectivity index (χ1) is 11.9. The van der Waals surface area contributed by atoms with Gasteiger partial charge < -0.3 is 10.6 Å². The summed E-state index contributed by atoms with van der Waals surface area (Å²) in [6.07, 6.45) is 3.89. The normalized spacial score (nSPS) is 16.0. The van der Waals surface area contributed by atoms with E-state index in [1.807, 2.05) is 30.5 Å². The van der Waals surface area contributed by atoms with Gasteiger partial charge in [-0.05, 0) is 51.1 Å². The molecule has 2 N–H and O–H groups in total. The number of rotatable bonds is 8. The molecule has 6 nitrogen and oxygen atoms in total. The first-order valence-electron chi connectivity index (χ1n) is 8.21. The van der Waals surface area contributed by atoms with Crippen molar-refractivity contribution in [3.8, 4) is 6.07 Å². The van der Waals surface area contributed by atoms with Crippen LogP contribution < -0.4 is 10.6 Å². The summed E-state index contributed by atoms with van der Waals surface area (Å²) in [4.78, 5) is 27.0. The molecule has 0 bridgehead atoms. The minimum absolute atomic E-state index is 0.0710. The number of nitrogens with zero attached hydrogens (tertiary/aromatic N) is 2. The smallest absolute Gasteiger partial charge is 0.238 e. The average molecular weight is 360 g/mol. The minimum atomic E-state index is -0.808. The summed E-state index contributed by atoms with van der Waals surface area (Å²) in [5, 5.41) is 15.0. The van der Waals surface area contributed by atoms with Gasteiger partial charge in [0.1, 0.15) is 5.54 Å². The molecule has 0 unspecified atom stereocenters. The Morgan fingerprint density at radius 3 is 2.56 bits per heavy atom. The number of hydrogen-bond donors (Lipinski definition) is 2. The highest BCUT2D eigenvalue weighted by atomic mass is 32.2. The van der Waals surface area contributed by atoms with Crippen LogP contribution in [0.15, 0.2) is 29.2 Å². The molecule has 1 aromatic rings. The highest BCUT2D eigenvalue weighted by molar-refractivity contribution is 7.98. The Hall–Kier alpha value is -2.04. The summed E-state index contributed by atoms with van der Waals surface area (Å²) in [6, 6.07) is 9.78. The largest absolute Gasteiger partial charge is 0.337 e. The van der Waals surface area contributed by atoms with Crippen LogP contribution in [0.3, 0.4) is 0 Å². The molecule has 1 saturated carbocycles. The van der Waals surface area contributed by atoms with Crippen molar-refractivity contribution in [3.05, 3.63) is 24.3 Å². The molecule has 0 saturated heterocycles. The topological polar surface area (TPSA) is 85.2 Å².